The Balaban J connectivity index is 3.99. The molecule has 0 saturated carbocycles. The Hall–Kier alpha value is -0.633. The predicted molar refractivity (Wildman–Crippen MR) is 150 cm³/mol. The zero-order valence-electron chi connectivity index (χ0n) is 24.1. The van der Waals surface area contributed by atoms with Crippen molar-refractivity contribution in [1.29, 1.82) is 0 Å². The Morgan fingerprint density at radius 1 is 0.686 bits per heavy atom. The molecule has 0 spiro atoms. The van der Waals surface area contributed by atoms with Gasteiger partial charge in [-0.1, -0.05) is 117 Å². The Morgan fingerprint density at radius 3 is 1.43 bits per heavy atom. The highest BCUT2D eigenvalue weighted by molar-refractivity contribution is 6.60. The van der Waals surface area contributed by atoms with Crippen molar-refractivity contribution >= 4 is 15.0 Å². The zero-order valence-corrected chi connectivity index (χ0v) is 25.1. The number of carbonyl (C=O) groups excluding carboxylic acids is 1. The summed E-state index contributed by atoms with van der Waals surface area (Å²) in [7, 11) is -3.32. The van der Waals surface area contributed by atoms with Crippen molar-refractivity contribution in [3.05, 3.63) is 0 Å². The molecule has 0 saturated heterocycles. The maximum absolute atomic E-state index is 12.1. The number of hydrogen-bond acceptors (Lipinski definition) is 4. The first-order valence-corrected chi connectivity index (χ1v) is 16.7. The van der Waals surface area contributed by atoms with E-state index >= 15 is 0 Å². The number of rotatable bonds is 26. The minimum atomic E-state index is -3.32. The zero-order chi connectivity index (χ0) is 26.2. The molecule has 0 radical (unpaired) electrons. The maximum Gasteiger partial charge on any atom is 0.637 e. The summed E-state index contributed by atoms with van der Waals surface area (Å²) in [6.45, 7) is 11.5. The van der Waals surface area contributed by atoms with E-state index in [-0.39, 0.29) is 6.10 Å². The molecule has 0 bridgehead atoms. The molecule has 0 aromatic heterocycles. The molecule has 210 valence electrons. The number of urea groups is 1. The third-order valence-electron chi connectivity index (χ3n) is 6.51. The van der Waals surface area contributed by atoms with Crippen LogP contribution in [0.5, 0.6) is 0 Å². The van der Waals surface area contributed by atoms with Crippen LogP contribution in [0, 0.1) is 0 Å². The number of nitrogens with zero attached hydrogens (tertiary/aromatic N) is 1. The van der Waals surface area contributed by atoms with Gasteiger partial charge in [0.05, 0.1) is 0 Å². The summed E-state index contributed by atoms with van der Waals surface area (Å²) in [4.78, 5) is 12.1. The molecule has 0 heterocycles. The Bertz CT molecular complexity index is 476. The van der Waals surface area contributed by atoms with E-state index < -0.39 is 15.0 Å². The molecule has 0 aromatic carbocycles. The first-order valence-electron chi connectivity index (χ1n) is 15.0. The fourth-order valence-corrected chi connectivity index (χ4v) is 7.37. The first-order chi connectivity index (χ1) is 17.0. The highest BCUT2D eigenvalue weighted by atomic mass is 28.4. The fourth-order valence-electron chi connectivity index (χ4n) is 4.59. The van der Waals surface area contributed by atoms with Crippen molar-refractivity contribution < 1.29 is 18.1 Å². The average Bonchev–Trinajstić information content (AvgIpc) is 2.82. The van der Waals surface area contributed by atoms with Crippen molar-refractivity contribution in [2.75, 3.05) is 19.8 Å². The minimum Gasteiger partial charge on any atom is -0.357 e. The molecule has 6 nitrogen and oxygen atoms in total. The van der Waals surface area contributed by atoms with Gasteiger partial charge >= 0.3 is 15.0 Å². The molecule has 1 unspecified atom stereocenters. The maximum atomic E-state index is 12.1. The normalized spacial score (nSPS) is 12.7. The summed E-state index contributed by atoms with van der Waals surface area (Å²) in [6, 6.07) is -0.532. The van der Waals surface area contributed by atoms with Crippen LogP contribution in [0.2, 0.25) is 0 Å². The van der Waals surface area contributed by atoms with Gasteiger partial charge in [-0.2, -0.15) is 0 Å². The van der Waals surface area contributed by atoms with Crippen molar-refractivity contribution in [3.8, 4) is 0 Å². The van der Waals surface area contributed by atoms with Crippen LogP contribution in [-0.4, -0.2) is 45.4 Å². The second-order valence-electron chi connectivity index (χ2n) is 9.90. The van der Waals surface area contributed by atoms with Crippen LogP contribution in [0.4, 0.5) is 4.79 Å². The number of unbranched alkanes of at least 4 members (excludes halogenated alkanes) is 15. The van der Waals surface area contributed by atoms with Gasteiger partial charge in [-0.3, -0.25) is 4.57 Å². The van der Waals surface area contributed by atoms with E-state index in [1.54, 1.807) is 0 Å². The third-order valence-corrected chi connectivity index (χ3v) is 9.62. The van der Waals surface area contributed by atoms with E-state index in [4.69, 9.17) is 19.0 Å². The van der Waals surface area contributed by atoms with Crippen LogP contribution < -0.4 is 5.73 Å². The quantitative estimate of drug-likeness (QED) is 0.0926. The second-order valence-corrected chi connectivity index (χ2v) is 12.3. The average molecular weight is 517 g/mol. The molecular weight excluding hydrogens is 456 g/mol. The molecule has 0 aliphatic rings. The number of amides is 2. The summed E-state index contributed by atoms with van der Waals surface area (Å²) >= 11 is 0. The lowest BCUT2D eigenvalue weighted by atomic mass is 10.0. The van der Waals surface area contributed by atoms with Crippen LogP contribution in [0.15, 0.2) is 0 Å². The first kappa shape index (κ1) is 34.4. The minimum absolute atomic E-state index is 0.0369. The van der Waals surface area contributed by atoms with Gasteiger partial charge < -0.3 is 19.0 Å². The number of carbonyl (C=O) groups is 1. The standard InChI is InChI=1S/C28H60N2O4Si/c1-6-10-11-12-13-14-15-16-17-18-19-20-21-22-23-24-25-27(5)34-35(32-8-3,33-9-4)30(26-7-2)28(29)31/h27H,6-26H2,1-5H3,(H2,29,31). The van der Waals surface area contributed by atoms with Crippen LogP contribution >= 0.6 is 0 Å². The lowest BCUT2D eigenvalue weighted by Crippen LogP contribution is -2.65. The van der Waals surface area contributed by atoms with Crippen LogP contribution in [0.1, 0.15) is 150 Å². The van der Waals surface area contributed by atoms with E-state index in [9.17, 15) is 4.79 Å². The molecule has 35 heavy (non-hydrogen) atoms. The van der Waals surface area contributed by atoms with Gasteiger partial charge in [0.25, 0.3) is 0 Å². The predicted octanol–water partition coefficient (Wildman–Crippen LogP) is 8.34. The van der Waals surface area contributed by atoms with Crippen LogP contribution in [-0.2, 0) is 13.3 Å². The largest absolute Gasteiger partial charge is 0.637 e. The molecule has 2 amide bonds. The van der Waals surface area contributed by atoms with Crippen molar-refractivity contribution in [1.82, 2.24) is 4.57 Å². The summed E-state index contributed by atoms with van der Waals surface area (Å²) in [6.07, 6.45) is 23.5. The molecule has 0 aromatic rings. The van der Waals surface area contributed by atoms with Gasteiger partial charge in [-0.15, -0.1) is 0 Å². The van der Waals surface area contributed by atoms with Crippen molar-refractivity contribution in [3.63, 3.8) is 0 Å². The molecule has 0 rings (SSSR count). The van der Waals surface area contributed by atoms with E-state index in [1.165, 1.54) is 101 Å². The molecule has 0 aliphatic heterocycles. The van der Waals surface area contributed by atoms with Gasteiger partial charge in [-0.05, 0) is 33.6 Å². The van der Waals surface area contributed by atoms with Gasteiger partial charge in [-0.25, -0.2) is 4.79 Å². The van der Waals surface area contributed by atoms with Crippen LogP contribution in [0.25, 0.3) is 0 Å². The molecule has 7 heteroatoms. The smallest absolute Gasteiger partial charge is 0.357 e. The van der Waals surface area contributed by atoms with Crippen LogP contribution in [0.3, 0.4) is 0 Å². The molecule has 0 fully saturated rings. The Kier molecular flexibility index (Phi) is 23.3. The van der Waals surface area contributed by atoms with Crippen molar-refractivity contribution in [2.45, 2.75) is 156 Å². The van der Waals surface area contributed by atoms with E-state index in [0.29, 0.717) is 19.8 Å². The van der Waals surface area contributed by atoms with E-state index in [2.05, 4.69) is 13.8 Å². The topological polar surface area (TPSA) is 74.0 Å². The second kappa shape index (κ2) is 23.7. The van der Waals surface area contributed by atoms with E-state index in [0.717, 1.165) is 19.3 Å². The molecule has 1 atom stereocenters. The lowest BCUT2D eigenvalue weighted by molar-refractivity contribution is -0.00142. The lowest BCUT2D eigenvalue weighted by Gasteiger charge is -2.38. The number of nitrogens with two attached hydrogens (primary N) is 1. The van der Waals surface area contributed by atoms with Gasteiger partial charge in [0.2, 0.25) is 0 Å². The highest BCUT2D eigenvalue weighted by Crippen LogP contribution is 2.22. The highest BCUT2D eigenvalue weighted by Gasteiger charge is 2.52. The molecular formula is C28H60N2O4Si. The fraction of sp³-hybridized carbons (Fsp3) is 0.964. The number of primary amides is 1. The van der Waals surface area contributed by atoms with Gasteiger partial charge in [0.1, 0.15) is 0 Å². The van der Waals surface area contributed by atoms with Gasteiger partial charge in [0, 0.05) is 25.9 Å². The summed E-state index contributed by atoms with van der Waals surface area (Å²) in [5.41, 5.74) is 5.67. The Morgan fingerprint density at radius 2 is 1.09 bits per heavy atom. The SMILES string of the molecule is CCCCCCCCCCCCCCCCCCC(C)O[Si](OCC)(OCC)N(CCC)C(N)=O. The van der Waals surface area contributed by atoms with Gasteiger partial charge in [0.15, 0.2) is 0 Å². The number of hydrogen-bond donors (Lipinski definition) is 1. The Labute approximate surface area is 219 Å². The summed E-state index contributed by atoms with van der Waals surface area (Å²) < 4.78 is 19.8. The van der Waals surface area contributed by atoms with Crippen molar-refractivity contribution in [2.24, 2.45) is 5.73 Å². The summed E-state index contributed by atoms with van der Waals surface area (Å²) in [5, 5.41) is 0. The summed E-state index contributed by atoms with van der Waals surface area (Å²) in [5.74, 6) is 0. The third kappa shape index (κ3) is 17.5. The molecule has 0 aliphatic carbocycles. The van der Waals surface area contributed by atoms with E-state index in [1.807, 2.05) is 20.8 Å². The molecule has 2 N–H and O–H groups in total. The monoisotopic (exact) mass is 516 g/mol.